The summed E-state index contributed by atoms with van der Waals surface area (Å²) in [5, 5.41) is 9.30. The Morgan fingerprint density at radius 3 is 2.65 bits per heavy atom. The van der Waals surface area contributed by atoms with Gasteiger partial charge in [0.25, 0.3) is 0 Å². The lowest BCUT2D eigenvalue weighted by molar-refractivity contribution is 0.878. The lowest BCUT2D eigenvalue weighted by atomic mass is 10.1. The highest BCUT2D eigenvalue weighted by molar-refractivity contribution is 7.98. The molecule has 0 aliphatic rings. The van der Waals surface area contributed by atoms with E-state index in [0.717, 1.165) is 22.3 Å². The predicted molar refractivity (Wildman–Crippen MR) is 104 cm³/mol. The van der Waals surface area contributed by atoms with Gasteiger partial charge in [-0.2, -0.15) is 0 Å². The van der Waals surface area contributed by atoms with E-state index in [1.54, 1.807) is 24.3 Å². The Morgan fingerprint density at radius 2 is 1.88 bits per heavy atom. The number of rotatable bonds is 5. The zero-order chi connectivity index (χ0) is 17.9. The monoisotopic (exact) mass is 361 g/mol. The van der Waals surface area contributed by atoms with E-state index < -0.39 is 0 Å². The van der Waals surface area contributed by atoms with E-state index in [9.17, 15) is 0 Å². The summed E-state index contributed by atoms with van der Waals surface area (Å²) in [6.07, 6.45) is 7.33. The van der Waals surface area contributed by atoms with Crippen molar-refractivity contribution in [3.8, 4) is 11.4 Å². The minimum atomic E-state index is 0.848. The smallest absolute Gasteiger partial charge is 0.195 e. The molecule has 6 heteroatoms. The van der Waals surface area contributed by atoms with Gasteiger partial charge in [-0.3, -0.25) is 4.57 Å². The zero-order valence-corrected chi connectivity index (χ0v) is 15.5. The lowest BCUT2D eigenvalue weighted by Gasteiger charge is -2.11. The fourth-order valence-corrected chi connectivity index (χ4v) is 3.88. The third-order valence-electron chi connectivity index (χ3n) is 4.38. The van der Waals surface area contributed by atoms with Gasteiger partial charge in [0.2, 0.25) is 0 Å². The molecular weight excluding hydrogens is 342 g/mol. The second-order valence-electron chi connectivity index (χ2n) is 6.14. The van der Waals surface area contributed by atoms with Crippen LogP contribution in [-0.2, 0) is 5.75 Å². The fraction of sp³-hybridized carbons (Fsp3) is 0.150. The Hall–Kier alpha value is -2.86. The van der Waals surface area contributed by atoms with Crippen LogP contribution in [0.5, 0.6) is 0 Å². The number of aromatic nitrogens is 5. The highest BCUT2D eigenvalue weighted by Crippen LogP contribution is 2.26. The Labute approximate surface area is 156 Å². The number of hydrogen-bond acceptors (Lipinski definition) is 4. The minimum absolute atomic E-state index is 0.848. The number of thioether (sulfide) groups is 1. The summed E-state index contributed by atoms with van der Waals surface area (Å²) in [6, 6.07) is 14.8. The van der Waals surface area contributed by atoms with Gasteiger partial charge in [0, 0.05) is 23.8 Å². The third kappa shape index (κ3) is 3.28. The van der Waals surface area contributed by atoms with Crippen molar-refractivity contribution in [2.75, 3.05) is 0 Å². The van der Waals surface area contributed by atoms with Gasteiger partial charge in [0.1, 0.15) is 6.33 Å². The van der Waals surface area contributed by atoms with Crippen LogP contribution in [0.3, 0.4) is 0 Å². The van der Waals surface area contributed by atoms with Gasteiger partial charge in [0.15, 0.2) is 5.16 Å². The second-order valence-corrected chi connectivity index (χ2v) is 7.08. The van der Waals surface area contributed by atoms with Crippen molar-refractivity contribution < 1.29 is 0 Å². The molecule has 26 heavy (non-hydrogen) atoms. The molecule has 0 aliphatic heterocycles. The molecular formula is C20H19N5S. The predicted octanol–water partition coefficient (Wildman–Crippen LogP) is 4.36. The molecule has 5 nitrogen and oxygen atoms in total. The van der Waals surface area contributed by atoms with Gasteiger partial charge in [-0.25, -0.2) is 4.98 Å². The van der Waals surface area contributed by atoms with Crippen LogP contribution < -0.4 is 0 Å². The largest absolute Gasteiger partial charge is 0.306 e. The first-order chi connectivity index (χ1) is 12.7. The molecule has 0 saturated carbocycles. The van der Waals surface area contributed by atoms with Crippen molar-refractivity contribution in [3.05, 3.63) is 84.2 Å². The molecule has 4 rings (SSSR count). The van der Waals surface area contributed by atoms with Crippen molar-refractivity contribution in [3.63, 3.8) is 0 Å². The van der Waals surface area contributed by atoms with Gasteiger partial charge in [-0.05, 0) is 48.7 Å². The molecule has 0 bridgehead atoms. The summed E-state index contributed by atoms with van der Waals surface area (Å²) < 4.78 is 4.06. The summed E-state index contributed by atoms with van der Waals surface area (Å²) >= 11 is 1.70. The first-order valence-electron chi connectivity index (χ1n) is 8.39. The molecule has 0 radical (unpaired) electrons. The molecule has 0 fully saturated rings. The fourth-order valence-electron chi connectivity index (χ4n) is 2.88. The molecule has 2 aromatic heterocycles. The lowest BCUT2D eigenvalue weighted by Crippen LogP contribution is -1.98. The maximum absolute atomic E-state index is 4.30. The number of nitrogens with zero attached hydrogens (tertiary/aromatic N) is 5. The Balaban J connectivity index is 1.54. The molecule has 0 saturated heterocycles. The van der Waals surface area contributed by atoms with Crippen molar-refractivity contribution in [1.29, 1.82) is 0 Å². The molecule has 0 aliphatic carbocycles. The van der Waals surface area contributed by atoms with E-state index in [1.165, 1.54) is 16.7 Å². The van der Waals surface area contributed by atoms with Crippen LogP contribution in [0.25, 0.3) is 11.4 Å². The van der Waals surface area contributed by atoms with Crippen molar-refractivity contribution in [2.24, 2.45) is 0 Å². The third-order valence-corrected chi connectivity index (χ3v) is 5.37. The number of imidazole rings is 1. The standard InChI is InChI=1S/C20H19N5S/c1-15-5-3-4-6-19(15)25-14-22-23-20(25)26-12-17-7-8-18(11-16(17)2)24-10-9-21-13-24/h3-11,13-14H,12H2,1-2H3. The quantitative estimate of drug-likeness (QED) is 0.496. The SMILES string of the molecule is Cc1cc(-n2ccnc2)ccc1CSc1nncn1-c1ccccc1C. The van der Waals surface area contributed by atoms with Crippen LogP contribution >= 0.6 is 11.8 Å². The molecule has 0 N–H and O–H groups in total. The Bertz CT molecular complexity index is 1020. The molecule has 0 unspecified atom stereocenters. The number of aryl methyl sites for hydroxylation is 2. The summed E-state index contributed by atoms with van der Waals surface area (Å²) in [7, 11) is 0. The highest BCUT2D eigenvalue weighted by atomic mass is 32.2. The molecule has 0 spiro atoms. The van der Waals surface area contributed by atoms with E-state index in [4.69, 9.17) is 0 Å². The maximum Gasteiger partial charge on any atom is 0.195 e. The molecule has 0 atom stereocenters. The van der Waals surface area contributed by atoms with Crippen molar-refractivity contribution in [2.45, 2.75) is 24.8 Å². The average molecular weight is 361 g/mol. The van der Waals surface area contributed by atoms with E-state index in [2.05, 4.69) is 63.9 Å². The van der Waals surface area contributed by atoms with Crippen LogP contribution in [-0.4, -0.2) is 24.3 Å². The van der Waals surface area contributed by atoms with Crippen LogP contribution in [0.1, 0.15) is 16.7 Å². The topological polar surface area (TPSA) is 48.5 Å². The van der Waals surface area contributed by atoms with Crippen molar-refractivity contribution in [1.82, 2.24) is 24.3 Å². The molecule has 130 valence electrons. The summed E-state index contributed by atoms with van der Waals surface area (Å²) in [6.45, 7) is 4.24. The molecule has 2 aromatic carbocycles. The van der Waals surface area contributed by atoms with Crippen LogP contribution in [0.4, 0.5) is 0 Å². The van der Waals surface area contributed by atoms with Gasteiger partial charge in [-0.15, -0.1) is 10.2 Å². The van der Waals surface area contributed by atoms with Gasteiger partial charge >= 0.3 is 0 Å². The number of benzene rings is 2. The molecule has 2 heterocycles. The van der Waals surface area contributed by atoms with Gasteiger partial charge in [-0.1, -0.05) is 36.0 Å². The first kappa shape index (κ1) is 16.6. The minimum Gasteiger partial charge on any atom is -0.306 e. The zero-order valence-electron chi connectivity index (χ0n) is 14.7. The summed E-state index contributed by atoms with van der Waals surface area (Å²) in [4.78, 5) is 4.11. The summed E-state index contributed by atoms with van der Waals surface area (Å²) in [5.41, 5.74) is 5.99. The molecule has 4 aromatic rings. The van der Waals surface area contributed by atoms with E-state index in [0.29, 0.717) is 0 Å². The van der Waals surface area contributed by atoms with Gasteiger partial charge in [0.05, 0.1) is 12.0 Å². The first-order valence-corrected chi connectivity index (χ1v) is 9.37. The van der Waals surface area contributed by atoms with E-state index >= 15 is 0 Å². The van der Waals surface area contributed by atoms with Crippen molar-refractivity contribution >= 4 is 11.8 Å². The van der Waals surface area contributed by atoms with Crippen LogP contribution in [0.2, 0.25) is 0 Å². The number of para-hydroxylation sites is 1. The Morgan fingerprint density at radius 1 is 1.00 bits per heavy atom. The van der Waals surface area contributed by atoms with Crippen LogP contribution in [0, 0.1) is 13.8 Å². The normalized spacial score (nSPS) is 11.0. The Kier molecular flexibility index (Phi) is 4.58. The highest BCUT2D eigenvalue weighted by Gasteiger charge is 2.10. The average Bonchev–Trinajstić information content (AvgIpc) is 3.33. The summed E-state index contributed by atoms with van der Waals surface area (Å²) in [5.74, 6) is 0.848. The van der Waals surface area contributed by atoms with Gasteiger partial charge < -0.3 is 4.57 Å². The van der Waals surface area contributed by atoms with Crippen LogP contribution in [0.15, 0.2) is 72.7 Å². The van der Waals surface area contributed by atoms with E-state index in [-0.39, 0.29) is 0 Å². The van der Waals surface area contributed by atoms with E-state index in [1.807, 2.05) is 29.2 Å². The second kappa shape index (κ2) is 7.17. The number of hydrogen-bond donors (Lipinski definition) is 0. The maximum atomic E-state index is 4.30. The molecule has 0 amide bonds.